The van der Waals surface area contributed by atoms with Crippen LogP contribution in [0.3, 0.4) is 0 Å². The number of carbonyl (C=O) groups excluding carboxylic acids is 1. The number of fused-ring (bicyclic) bond motifs is 1. The number of carbonyl (C=O) groups is 1. The van der Waals surface area contributed by atoms with Gasteiger partial charge in [-0.1, -0.05) is 18.5 Å². The van der Waals surface area contributed by atoms with Crippen LogP contribution < -0.4 is 11.0 Å². The van der Waals surface area contributed by atoms with E-state index in [1.807, 2.05) is 13.0 Å². The molecule has 1 atom stereocenters. The Morgan fingerprint density at radius 3 is 2.85 bits per heavy atom. The summed E-state index contributed by atoms with van der Waals surface area (Å²) in [5.74, 6) is -0.0579. The maximum atomic E-state index is 11.3. The van der Waals surface area contributed by atoms with Crippen LogP contribution in [0.15, 0.2) is 34.2 Å². The zero-order valence-electron chi connectivity index (χ0n) is 10.7. The molecule has 5 nitrogen and oxygen atoms in total. The van der Waals surface area contributed by atoms with Crippen molar-refractivity contribution in [3.05, 3.63) is 45.2 Å². The van der Waals surface area contributed by atoms with Crippen LogP contribution in [0.1, 0.15) is 18.9 Å². The summed E-state index contributed by atoms with van der Waals surface area (Å²) in [6.07, 6.45) is 0.403. The van der Waals surface area contributed by atoms with Crippen LogP contribution in [0.5, 0.6) is 0 Å². The molecule has 2 aromatic rings. The maximum Gasteiger partial charge on any atom is 0.248 e. The van der Waals surface area contributed by atoms with Crippen molar-refractivity contribution in [1.29, 1.82) is 0 Å². The van der Waals surface area contributed by atoms with Gasteiger partial charge in [0.1, 0.15) is 0 Å². The molecule has 2 N–H and O–H groups in total. The number of amides is 1. The Kier molecular flexibility index (Phi) is 3.06. The largest absolute Gasteiger partial charge is 0.321 e. The average Bonchev–Trinajstić information content (AvgIpc) is 2.39. The first kappa shape index (κ1) is 12.9. The van der Waals surface area contributed by atoms with E-state index in [2.05, 4.69) is 15.5 Å². The van der Waals surface area contributed by atoms with E-state index < -0.39 is 0 Å². The van der Waals surface area contributed by atoms with Gasteiger partial charge in [0.05, 0.1) is 16.3 Å². The summed E-state index contributed by atoms with van der Waals surface area (Å²) in [5.41, 5.74) is 4.54. The predicted octanol–water partition coefficient (Wildman–Crippen LogP) is 2.04. The smallest absolute Gasteiger partial charge is 0.248 e. The minimum Gasteiger partial charge on any atom is -0.321 e. The normalized spacial score (nSPS) is 18.8. The van der Waals surface area contributed by atoms with Gasteiger partial charge in [-0.25, -0.2) is 5.43 Å². The standard InChI is InChI=1S/C14H12ClN3O2/c1-7-4-12(20)17-18-13(7)9-5-8-2-3-11(19)16-14(8)10(15)6-9/h2-3,5-7H,4H2,1H3,(H,16,19)(H,17,20). The number of nitrogens with one attached hydrogen (secondary N) is 2. The molecule has 1 aliphatic heterocycles. The van der Waals surface area contributed by atoms with Crippen molar-refractivity contribution in [2.75, 3.05) is 0 Å². The van der Waals surface area contributed by atoms with Crippen molar-refractivity contribution in [3.63, 3.8) is 0 Å². The van der Waals surface area contributed by atoms with E-state index in [1.54, 1.807) is 12.1 Å². The van der Waals surface area contributed by atoms with Crippen molar-refractivity contribution in [2.24, 2.45) is 11.0 Å². The Morgan fingerprint density at radius 1 is 1.30 bits per heavy atom. The number of aromatic nitrogens is 1. The van der Waals surface area contributed by atoms with Crippen LogP contribution in [0, 0.1) is 5.92 Å². The fourth-order valence-electron chi connectivity index (χ4n) is 2.37. The van der Waals surface area contributed by atoms with E-state index in [0.29, 0.717) is 17.0 Å². The van der Waals surface area contributed by atoms with E-state index in [0.717, 1.165) is 16.7 Å². The van der Waals surface area contributed by atoms with Gasteiger partial charge < -0.3 is 4.98 Å². The number of rotatable bonds is 1. The molecule has 6 heteroatoms. The van der Waals surface area contributed by atoms with E-state index in [9.17, 15) is 9.59 Å². The second-order valence-corrected chi connectivity index (χ2v) is 5.29. The second-order valence-electron chi connectivity index (χ2n) is 4.88. The highest BCUT2D eigenvalue weighted by atomic mass is 35.5. The van der Waals surface area contributed by atoms with Gasteiger partial charge in [0.25, 0.3) is 0 Å². The third-order valence-corrected chi connectivity index (χ3v) is 3.64. The van der Waals surface area contributed by atoms with Crippen LogP contribution in [-0.2, 0) is 4.79 Å². The summed E-state index contributed by atoms with van der Waals surface area (Å²) in [7, 11) is 0. The van der Waals surface area contributed by atoms with Crippen LogP contribution in [0.2, 0.25) is 5.02 Å². The fourth-order valence-corrected chi connectivity index (χ4v) is 2.65. The summed E-state index contributed by atoms with van der Waals surface area (Å²) < 4.78 is 0. The van der Waals surface area contributed by atoms with Crippen LogP contribution in [-0.4, -0.2) is 16.6 Å². The predicted molar refractivity (Wildman–Crippen MR) is 78.0 cm³/mol. The summed E-state index contributed by atoms with van der Waals surface area (Å²) in [4.78, 5) is 25.3. The quantitative estimate of drug-likeness (QED) is 0.843. The first-order chi connectivity index (χ1) is 9.54. The lowest BCUT2D eigenvalue weighted by molar-refractivity contribution is -0.121. The number of H-pyrrole nitrogens is 1. The first-order valence-corrected chi connectivity index (χ1v) is 6.62. The molecule has 2 heterocycles. The van der Waals surface area contributed by atoms with E-state index in [-0.39, 0.29) is 17.4 Å². The molecular formula is C14H12ClN3O2. The number of hydrazone groups is 1. The lowest BCUT2D eigenvalue weighted by Gasteiger charge is -2.19. The molecule has 0 bridgehead atoms. The highest BCUT2D eigenvalue weighted by molar-refractivity contribution is 6.35. The number of hydrogen-bond donors (Lipinski definition) is 2. The zero-order valence-corrected chi connectivity index (χ0v) is 11.5. The topological polar surface area (TPSA) is 74.3 Å². The molecule has 1 aromatic carbocycles. The average molecular weight is 290 g/mol. The van der Waals surface area contributed by atoms with Crippen molar-refractivity contribution in [3.8, 4) is 0 Å². The fraction of sp³-hybridized carbons (Fsp3) is 0.214. The van der Waals surface area contributed by atoms with Crippen LogP contribution in [0.4, 0.5) is 0 Å². The summed E-state index contributed by atoms with van der Waals surface area (Å²) in [5, 5.41) is 5.41. The SMILES string of the molecule is CC1CC(=O)NN=C1c1cc(Cl)c2[nH]c(=O)ccc2c1. The minimum absolute atomic E-state index is 0.0278. The number of pyridine rings is 1. The number of aromatic amines is 1. The second kappa shape index (κ2) is 4.76. The molecule has 3 rings (SSSR count). The molecular weight excluding hydrogens is 278 g/mol. The molecule has 1 unspecified atom stereocenters. The monoisotopic (exact) mass is 289 g/mol. The summed E-state index contributed by atoms with van der Waals surface area (Å²) >= 11 is 6.22. The molecule has 1 amide bonds. The Hall–Kier alpha value is -2.14. The van der Waals surface area contributed by atoms with Crippen molar-refractivity contribution >= 4 is 34.1 Å². The molecule has 20 heavy (non-hydrogen) atoms. The molecule has 0 spiro atoms. The zero-order chi connectivity index (χ0) is 14.3. The molecule has 102 valence electrons. The van der Waals surface area contributed by atoms with Gasteiger partial charge in [-0.15, -0.1) is 0 Å². The number of benzene rings is 1. The Labute approximate surface area is 119 Å². The van der Waals surface area contributed by atoms with Crippen LogP contribution in [0.25, 0.3) is 10.9 Å². The molecule has 0 saturated heterocycles. The summed E-state index contributed by atoms with van der Waals surface area (Å²) in [6.45, 7) is 1.95. The highest BCUT2D eigenvalue weighted by Crippen LogP contribution is 2.25. The molecule has 0 fully saturated rings. The van der Waals surface area contributed by atoms with Crippen molar-refractivity contribution in [2.45, 2.75) is 13.3 Å². The lowest BCUT2D eigenvalue weighted by atomic mass is 9.93. The number of hydrogen-bond acceptors (Lipinski definition) is 3. The molecule has 0 aliphatic carbocycles. The Morgan fingerprint density at radius 2 is 2.10 bits per heavy atom. The van der Waals surface area contributed by atoms with Gasteiger partial charge in [0, 0.05) is 29.4 Å². The molecule has 1 aliphatic rings. The van der Waals surface area contributed by atoms with Gasteiger partial charge in [-0.2, -0.15) is 5.10 Å². The van der Waals surface area contributed by atoms with Gasteiger partial charge in [-0.05, 0) is 18.2 Å². The van der Waals surface area contributed by atoms with Gasteiger partial charge in [0.2, 0.25) is 11.5 Å². The van der Waals surface area contributed by atoms with Gasteiger partial charge in [-0.3, -0.25) is 9.59 Å². The van der Waals surface area contributed by atoms with Gasteiger partial charge >= 0.3 is 0 Å². The van der Waals surface area contributed by atoms with Crippen molar-refractivity contribution < 1.29 is 4.79 Å². The Bertz CT molecular complexity index is 795. The van der Waals surface area contributed by atoms with E-state index in [1.165, 1.54) is 6.07 Å². The number of halogens is 1. The molecule has 0 radical (unpaired) electrons. The van der Waals surface area contributed by atoms with Gasteiger partial charge in [0.15, 0.2) is 0 Å². The highest BCUT2D eigenvalue weighted by Gasteiger charge is 2.22. The van der Waals surface area contributed by atoms with E-state index >= 15 is 0 Å². The maximum absolute atomic E-state index is 11.3. The third-order valence-electron chi connectivity index (χ3n) is 3.34. The Balaban J connectivity index is 2.16. The van der Waals surface area contributed by atoms with Crippen molar-refractivity contribution in [1.82, 2.24) is 10.4 Å². The third kappa shape index (κ3) is 2.20. The lowest BCUT2D eigenvalue weighted by Crippen LogP contribution is -2.31. The first-order valence-electron chi connectivity index (χ1n) is 6.24. The number of nitrogens with zero attached hydrogens (tertiary/aromatic N) is 1. The summed E-state index contributed by atoms with van der Waals surface area (Å²) in [6, 6.07) is 6.84. The molecule has 1 aromatic heterocycles. The van der Waals surface area contributed by atoms with Crippen LogP contribution >= 0.6 is 11.6 Å². The van der Waals surface area contributed by atoms with E-state index in [4.69, 9.17) is 11.6 Å². The molecule has 0 saturated carbocycles. The minimum atomic E-state index is -0.192.